The van der Waals surface area contributed by atoms with Gasteiger partial charge in [0.1, 0.15) is 5.82 Å². The quantitative estimate of drug-likeness (QED) is 0.364. The maximum atomic E-state index is 14.6. The second-order valence-corrected chi connectivity index (χ2v) is 9.19. The minimum atomic E-state index is -5.08. The Bertz CT molecular complexity index is 1190. The first-order valence-electron chi connectivity index (χ1n) is 9.99. The van der Waals surface area contributed by atoms with Crippen LogP contribution in [0.2, 0.25) is 10.0 Å². The number of rotatable bonds is 4. The SMILES string of the molecule is Cc1cc(C2=NO[C@](c3cc(Cl)cc(Cl)c3F)(C(F)(F)F)C2)ccc1C(=O)NC1CC(F)(F)C1. The molecule has 0 unspecified atom stereocenters. The van der Waals surface area contributed by atoms with Gasteiger partial charge in [0.25, 0.3) is 17.4 Å². The largest absolute Gasteiger partial charge is 0.435 e. The van der Waals surface area contributed by atoms with E-state index in [1.165, 1.54) is 25.1 Å². The van der Waals surface area contributed by atoms with E-state index in [0.717, 1.165) is 12.1 Å². The number of nitrogens with one attached hydrogen (secondary N) is 1. The molecule has 4 nitrogen and oxygen atoms in total. The van der Waals surface area contributed by atoms with Crippen LogP contribution in [0, 0.1) is 12.7 Å². The number of amides is 1. The molecule has 0 radical (unpaired) electrons. The van der Waals surface area contributed by atoms with E-state index in [4.69, 9.17) is 28.0 Å². The molecule has 182 valence electrons. The number of carbonyl (C=O) groups excluding carboxylic acids is 1. The summed E-state index contributed by atoms with van der Waals surface area (Å²) in [6.07, 6.45) is -6.85. The van der Waals surface area contributed by atoms with E-state index in [0.29, 0.717) is 5.56 Å². The van der Waals surface area contributed by atoms with Crippen molar-refractivity contribution in [1.29, 1.82) is 0 Å². The van der Waals surface area contributed by atoms with Gasteiger partial charge in [-0.3, -0.25) is 4.79 Å². The van der Waals surface area contributed by atoms with Gasteiger partial charge in [-0.1, -0.05) is 34.4 Å². The van der Waals surface area contributed by atoms with Gasteiger partial charge in [0.05, 0.1) is 17.2 Å². The smallest absolute Gasteiger partial charge is 0.374 e. The highest BCUT2D eigenvalue weighted by Gasteiger charge is 2.63. The Labute approximate surface area is 199 Å². The first-order chi connectivity index (χ1) is 15.7. The van der Waals surface area contributed by atoms with Crippen LogP contribution < -0.4 is 5.32 Å². The molecule has 2 aromatic rings. The molecule has 1 N–H and O–H groups in total. The molecular weight excluding hydrogens is 509 g/mol. The van der Waals surface area contributed by atoms with Crippen molar-refractivity contribution in [1.82, 2.24) is 5.32 Å². The lowest BCUT2D eigenvalue weighted by atomic mass is 9.85. The average molecular weight is 525 g/mol. The van der Waals surface area contributed by atoms with E-state index in [1.807, 2.05) is 0 Å². The van der Waals surface area contributed by atoms with Crippen molar-refractivity contribution >= 4 is 34.8 Å². The third-order valence-corrected chi connectivity index (χ3v) is 6.34. The fourth-order valence-electron chi connectivity index (χ4n) is 4.01. The Morgan fingerprint density at radius 3 is 2.44 bits per heavy atom. The van der Waals surface area contributed by atoms with E-state index >= 15 is 0 Å². The Morgan fingerprint density at radius 1 is 1.18 bits per heavy atom. The van der Waals surface area contributed by atoms with Gasteiger partial charge in [-0.2, -0.15) is 13.2 Å². The van der Waals surface area contributed by atoms with E-state index < -0.39 is 65.3 Å². The number of oxime groups is 1. The lowest BCUT2D eigenvalue weighted by Gasteiger charge is -2.35. The Balaban J connectivity index is 1.59. The van der Waals surface area contributed by atoms with Crippen LogP contribution in [-0.2, 0) is 10.4 Å². The number of halogens is 8. The molecule has 4 rings (SSSR count). The number of carbonyl (C=O) groups is 1. The van der Waals surface area contributed by atoms with E-state index in [9.17, 15) is 31.1 Å². The van der Waals surface area contributed by atoms with Crippen molar-refractivity contribution in [2.45, 2.75) is 49.9 Å². The van der Waals surface area contributed by atoms with Crippen LogP contribution in [0.5, 0.6) is 0 Å². The van der Waals surface area contributed by atoms with Crippen LogP contribution in [0.15, 0.2) is 35.5 Å². The van der Waals surface area contributed by atoms with Gasteiger partial charge in [0, 0.05) is 35.0 Å². The van der Waals surface area contributed by atoms with Crippen LogP contribution in [0.4, 0.5) is 26.3 Å². The molecule has 0 aromatic heterocycles. The normalized spacial score (nSPS) is 22.1. The molecule has 1 fully saturated rings. The van der Waals surface area contributed by atoms with Gasteiger partial charge in [-0.25, -0.2) is 13.2 Å². The van der Waals surface area contributed by atoms with Gasteiger partial charge < -0.3 is 10.2 Å². The molecule has 1 saturated carbocycles. The average Bonchev–Trinajstić information content (AvgIpc) is 3.16. The van der Waals surface area contributed by atoms with Crippen LogP contribution in [0.1, 0.15) is 46.3 Å². The first-order valence-corrected chi connectivity index (χ1v) is 10.7. The molecule has 1 aliphatic heterocycles. The fraction of sp³-hybridized carbons (Fsp3) is 0.364. The van der Waals surface area contributed by atoms with Crippen LogP contribution in [0.3, 0.4) is 0 Å². The molecule has 2 aliphatic rings. The number of benzene rings is 2. The summed E-state index contributed by atoms with van der Waals surface area (Å²) in [5.41, 5.74) is -3.43. The molecule has 1 atom stereocenters. The molecule has 34 heavy (non-hydrogen) atoms. The first kappa shape index (κ1) is 24.7. The van der Waals surface area contributed by atoms with E-state index in [2.05, 4.69) is 10.5 Å². The van der Waals surface area contributed by atoms with Gasteiger partial charge >= 0.3 is 6.18 Å². The van der Waals surface area contributed by atoms with Crippen molar-refractivity contribution in [3.63, 3.8) is 0 Å². The molecule has 12 heteroatoms. The Hall–Kier alpha value is -2.46. The predicted molar refractivity (Wildman–Crippen MR) is 113 cm³/mol. The third-order valence-electron chi connectivity index (χ3n) is 5.84. The van der Waals surface area contributed by atoms with Gasteiger partial charge in [-0.15, -0.1) is 0 Å². The lowest BCUT2D eigenvalue weighted by Crippen LogP contribution is -2.50. The molecule has 0 bridgehead atoms. The zero-order valence-electron chi connectivity index (χ0n) is 17.4. The van der Waals surface area contributed by atoms with Crippen molar-refractivity contribution in [3.05, 3.63) is 68.4 Å². The maximum Gasteiger partial charge on any atom is 0.435 e. The monoisotopic (exact) mass is 524 g/mol. The van der Waals surface area contributed by atoms with Gasteiger partial charge in [0.2, 0.25) is 0 Å². The molecule has 0 spiro atoms. The second kappa shape index (κ2) is 8.34. The predicted octanol–water partition coefficient (Wildman–Crippen LogP) is 6.55. The fourth-order valence-corrected chi connectivity index (χ4v) is 4.50. The highest BCUT2D eigenvalue weighted by Crippen LogP contribution is 2.50. The summed E-state index contributed by atoms with van der Waals surface area (Å²) in [4.78, 5) is 17.2. The molecule has 2 aromatic carbocycles. The summed E-state index contributed by atoms with van der Waals surface area (Å²) in [7, 11) is 0. The summed E-state index contributed by atoms with van der Waals surface area (Å²) in [6, 6.07) is 5.23. The summed E-state index contributed by atoms with van der Waals surface area (Å²) in [5.74, 6) is -4.70. The summed E-state index contributed by atoms with van der Waals surface area (Å²) in [5, 5.41) is 5.26. The van der Waals surface area contributed by atoms with Crippen LogP contribution in [-0.4, -0.2) is 29.8 Å². The van der Waals surface area contributed by atoms with Crippen molar-refractivity contribution in [2.75, 3.05) is 0 Å². The van der Waals surface area contributed by atoms with Crippen LogP contribution >= 0.6 is 23.2 Å². The summed E-state index contributed by atoms with van der Waals surface area (Å²) < 4.78 is 83.0. The van der Waals surface area contributed by atoms with Crippen molar-refractivity contribution < 1.29 is 36.0 Å². The Morgan fingerprint density at radius 2 is 1.85 bits per heavy atom. The zero-order valence-corrected chi connectivity index (χ0v) is 18.9. The van der Waals surface area contributed by atoms with Gasteiger partial charge in [0.15, 0.2) is 0 Å². The summed E-state index contributed by atoms with van der Waals surface area (Å²) >= 11 is 11.5. The number of hydrogen-bond donors (Lipinski definition) is 1. The molecule has 1 heterocycles. The minimum absolute atomic E-state index is 0.137. The molecule has 0 saturated heterocycles. The highest BCUT2D eigenvalue weighted by molar-refractivity contribution is 6.34. The van der Waals surface area contributed by atoms with Crippen LogP contribution in [0.25, 0.3) is 0 Å². The molecule has 1 aliphatic carbocycles. The summed E-state index contributed by atoms with van der Waals surface area (Å²) in [6.45, 7) is 1.54. The van der Waals surface area contributed by atoms with Crippen molar-refractivity contribution in [3.8, 4) is 0 Å². The number of alkyl halides is 5. The third kappa shape index (κ3) is 4.33. The van der Waals surface area contributed by atoms with Gasteiger partial charge in [-0.05, 0) is 42.3 Å². The number of aryl methyl sites for hydroxylation is 1. The minimum Gasteiger partial charge on any atom is -0.374 e. The second-order valence-electron chi connectivity index (χ2n) is 8.34. The van der Waals surface area contributed by atoms with E-state index in [1.54, 1.807) is 0 Å². The lowest BCUT2D eigenvalue weighted by molar-refractivity contribution is -0.276. The molecule has 1 amide bonds. The number of nitrogens with zero attached hydrogens (tertiary/aromatic N) is 1. The topological polar surface area (TPSA) is 50.7 Å². The maximum absolute atomic E-state index is 14.6. The Kier molecular flexibility index (Phi) is 6.05. The van der Waals surface area contributed by atoms with Crippen molar-refractivity contribution in [2.24, 2.45) is 5.16 Å². The van der Waals surface area contributed by atoms with E-state index in [-0.39, 0.29) is 21.9 Å². The highest BCUT2D eigenvalue weighted by atomic mass is 35.5. The number of hydrogen-bond acceptors (Lipinski definition) is 3. The zero-order chi connectivity index (χ0) is 25.1. The standard InChI is InChI=1S/C22H16Cl2F6N2O2/c1-10-4-11(2-3-14(10)19(33)31-13-7-20(26,27)8-13)17-9-21(34-32-17,22(28,29)30)15-5-12(23)6-16(24)18(15)25/h2-6,13H,7-9H2,1H3,(H,31,33)/t21-/m1/s1. The molecular formula is C22H16Cl2F6N2O2.